The Morgan fingerprint density at radius 1 is 1.03 bits per heavy atom. The summed E-state index contributed by atoms with van der Waals surface area (Å²) < 4.78 is 1.59. The summed E-state index contributed by atoms with van der Waals surface area (Å²) >= 11 is 0. The summed E-state index contributed by atoms with van der Waals surface area (Å²) in [6.07, 6.45) is 1.82. The Morgan fingerprint density at radius 3 is 2.42 bits per heavy atom. The molecule has 4 rings (SSSR count). The highest BCUT2D eigenvalue weighted by molar-refractivity contribution is 5.70. The molecule has 0 saturated carbocycles. The molecule has 0 bridgehead atoms. The number of hydrogen-bond acceptors (Lipinski definition) is 9. The standard InChI is InChI=1S/C21H18N10/c1-11(26-19-15(9-23)18(24)28-21(25)29-19)16-10-31-20(14(8-22)12(2)30-31)27-17(16)13-6-4-3-5-7-13/h3-7,10-11H,1-2H3,(H5,24,25,26,28,29)/t11-/m0/s1. The molecule has 0 unspecified atom stereocenters. The number of rotatable bonds is 4. The third-order valence-electron chi connectivity index (χ3n) is 4.86. The first-order valence-corrected chi connectivity index (χ1v) is 9.38. The van der Waals surface area contributed by atoms with Gasteiger partial charge in [-0.05, 0) is 13.8 Å². The largest absolute Gasteiger partial charge is 0.382 e. The van der Waals surface area contributed by atoms with E-state index < -0.39 is 0 Å². The third-order valence-corrected chi connectivity index (χ3v) is 4.86. The average Bonchev–Trinajstić information content (AvgIpc) is 3.07. The van der Waals surface area contributed by atoms with Crippen molar-refractivity contribution in [3.05, 3.63) is 58.9 Å². The molecule has 0 spiro atoms. The maximum atomic E-state index is 9.53. The molecule has 1 aromatic carbocycles. The van der Waals surface area contributed by atoms with Gasteiger partial charge in [-0.25, -0.2) is 9.50 Å². The lowest BCUT2D eigenvalue weighted by atomic mass is 10.0. The van der Waals surface area contributed by atoms with Gasteiger partial charge in [0, 0.05) is 17.3 Å². The summed E-state index contributed by atoms with van der Waals surface area (Å²) in [5, 5.41) is 26.6. The van der Waals surface area contributed by atoms with Crippen LogP contribution >= 0.6 is 0 Å². The lowest BCUT2D eigenvalue weighted by molar-refractivity contribution is 0.826. The van der Waals surface area contributed by atoms with E-state index in [-0.39, 0.29) is 29.2 Å². The number of anilines is 3. The highest BCUT2D eigenvalue weighted by Crippen LogP contribution is 2.31. The number of fused-ring (bicyclic) bond motifs is 1. The van der Waals surface area contributed by atoms with E-state index in [0.717, 1.165) is 11.1 Å². The zero-order valence-electron chi connectivity index (χ0n) is 16.8. The zero-order chi connectivity index (χ0) is 22.1. The topological polar surface area (TPSA) is 168 Å². The van der Waals surface area contributed by atoms with E-state index in [4.69, 9.17) is 16.5 Å². The van der Waals surface area contributed by atoms with Gasteiger partial charge >= 0.3 is 0 Å². The highest BCUT2D eigenvalue weighted by atomic mass is 15.3. The van der Waals surface area contributed by atoms with Crippen molar-refractivity contribution in [2.24, 2.45) is 0 Å². The van der Waals surface area contributed by atoms with E-state index in [0.29, 0.717) is 22.6 Å². The van der Waals surface area contributed by atoms with Crippen LogP contribution in [0.4, 0.5) is 17.6 Å². The molecule has 0 amide bonds. The predicted molar refractivity (Wildman–Crippen MR) is 115 cm³/mol. The summed E-state index contributed by atoms with van der Waals surface area (Å²) in [6, 6.07) is 13.4. The summed E-state index contributed by atoms with van der Waals surface area (Å²) in [5.41, 5.74) is 15.5. The molecule has 1 atom stereocenters. The molecule has 0 aliphatic rings. The van der Waals surface area contributed by atoms with Crippen LogP contribution in [0.25, 0.3) is 16.9 Å². The monoisotopic (exact) mass is 410 g/mol. The quantitative estimate of drug-likeness (QED) is 0.458. The molecule has 3 heterocycles. The number of nitrogen functional groups attached to an aromatic ring is 2. The minimum absolute atomic E-state index is 0.00271. The fraction of sp³-hybridized carbons (Fsp3) is 0.143. The molecule has 0 fully saturated rings. The molecule has 152 valence electrons. The fourth-order valence-electron chi connectivity index (χ4n) is 3.36. The van der Waals surface area contributed by atoms with E-state index in [1.807, 2.05) is 49.5 Å². The summed E-state index contributed by atoms with van der Waals surface area (Å²) in [4.78, 5) is 12.7. The van der Waals surface area contributed by atoms with Gasteiger partial charge in [0.1, 0.15) is 29.1 Å². The van der Waals surface area contributed by atoms with Gasteiger partial charge in [-0.3, -0.25) is 0 Å². The number of nitrogens with zero attached hydrogens (tertiary/aromatic N) is 7. The van der Waals surface area contributed by atoms with E-state index in [1.54, 1.807) is 11.4 Å². The number of benzene rings is 1. The fourth-order valence-corrected chi connectivity index (χ4v) is 3.36. The number of nitriles is 2. The van der Waals surface area contributed by atoms with E-state index in [9.17, 15) is 10.5 Å². The number of aryl methyl sites for hydroxylation is 1. The van der Waals surface area contributed by atoms with Crippen LogP contribution in [-0.4, -0.2) is 24.6 Å². The van der Waals surface area contributed by atoms with Gasteiger partial charge in [0.2, 0.25) is 5.95 Å². The molecule has 4 aromatic rings. The summed E-state index contributed by atoms with van der Waals surface area (Å²) in [6.45, 7) is 3.66. The Kier molecular flexibility index (Phi) is 4.82. The molecular weight excluding hydrogens is 392 g/mol. The number of hydrogen-bond donors (Lipinski definition) is 3. The van der Waals surface area contributed by atoms with Crippen LogP contribution in [0.5, 0.6) is 0 Å². The van der Waals surface area contributed by atoms with Crippen LogP contribution in [0.1, 0.15) is 35.3 Å². The van der Waals surface area contributed by atoms with Gasteiger partial charge in [-0.15, -0.1) is 0 Å². The highest BCUT2D eigenvalue weighted by Gasteiger charge is 2.21. The molecular formula is C21H18N10. The molecule has 10 heteroatoms. The van der Waals surface area contributed by atoms with Gasteiger partial charge in [0.25, 0.3) is 0 Å². The van der Waals surface area contributed by atoms with Crippen molar-refractivity contribution in [2.75, 3.05) is 16.8 Å². The van der Waals surface area contributed by atoms with Crippen molar-refractivity contribution >= 4 is 23.2 Å². The molecule has 5 N–H and O–H groups in total. The van der Waals surface area contributed by atoms with Crippen molar-refractivity contribution in [2.45, 2.75) is 19.9 Å². The van der Waals surface area contributed by atoms with Crippen LogP contribution in [0.2, 0.25) is 0 Å². The number of aromatic nitrogens is 5. The first-order valence-electron chi connectivity index (χ1n) is 9.38. The second-order valence-corrected chi connectivity index (χ2v) is 6.92. The van der Waals surface area contributed by atoms with E-state index >= 15 is 0 Å². The minimum atomic E-state index is -0.358. The predicted octanol–water partition coefficient (Wildman–Crippen LogP) is 2.58. The number of nitrogens with one attached hydrogen (secondary N) is 1. The van der Waals surface area contributed by atoms with Gasteiger partial charge < -0.3 is 16.8 Å². The number of nitrogens with two attached hydrogens (primary N) is 2. The van der Waals surface area contributed by atoms with Crippen molar-refractivity contribution in [3.8, 4) is 23.4 Å². The Bertz CT molecular complexity index is 1380. The first kappa shape index (κ1) is 19.6. The maximum absolute atomic E-state index is 9.53. The van der Waals surface area contributed by atoms with Crippen LogP contribution in [-0.2, 0) is 0 Å². The average molecular weight is 410 g/mol. The second-order valence-electron chi connectivity index (χ2n) is 6.92. The van der Waals surface area contributed by atoms with Gasteiger partial charge in [0.05, 0.1) is 17.4 Å². The normalized spacial score (nSPS) is 11.6. The van der Waals surface area contributed by atoms with Crippen LogP contribution in [0, 0.1) is 29.6 Å². The molecule has 0 saturated heterocycles. The Morgan fingerprint density at radius 2 is 1.74 bits per heavy atom. The second kappa shape index (κ2) is 7.61. The van der Waals surface area contributed by atoms with E-state index in [2.05, 4.69) is 26.5 Å². The third kappa shape index (κ3) is 3.43. The molecule has 3 aromatic heterocycles. The van der Waals surface area contributed by atoms with Gasteiger partial charge in [0.15, 0.2) is 11.5 Å². The van der Waals surface area contributed by atoms with Gasteiger partial charge in [-0.1, -0.05) is 30.3 Å². The lowest BCUT2D eigenvalue weighted by Gasteiger charge is -2.19. The van der Waals surface area contributed by atoms with Crippen molar-refractivity contribution in [1.82, 2.24) is 24.6 Å². The summed E-state index contributed by atoms with van der Waals surface area (Å²) in [7, 11) is 0. The molecule has 31 heavy (non-hydrogen) atoms. The Hall–Kier alpha value is -4.70. The van der Waals surface area contributed by atoms with Gasteiger partial charge in [-0.2, -0.15) is 25.6 Å². The zero-order valence-corrected chi connectivity index (χ0v) is 16.8. The van der Waals surface area contributed by atoms with Crippen molar-refractivity contribution < 1.29 is 0 Å². The first-order chi connectivity index (χ1) is 14.9. The minimum Gasteiger partial charge on any atom is -0.382 e. The SMILES string of the molecule is Cc1nn2cc([C@H](C)Nc3nc(N)nc(N)c3C#N)c(-c3ccccc3)nc2c1C#N. The van der Waals surface area contributed by atoms with E-state index in [1.165, 1.54) is 0 Å². The molecule has 0 aliphatic carbocycles. The maximum Gasteiger partial charge on any atom is 0.224 e. The summed E-state index contributed by atoms with van der Waals surface area (Å²) in [5.74, 6) is 0.195. The van der Waals surface area contributed by atoms with Crippen LogP contribution < -0.4 is 16.8 Å². The Balaban J connectivity index is 1.89. The molecule has 0 radical (unpaired) electrons. The van der Waals surface area contributed by atoms with Crippen LogP contribution in [0.15, 0.2) is 36.5 Å². The molecule has 0 aliphatic heterocycles. The smallest absolute Gasteiger partial charge is 0.224 e. The van der Waals surface area contributed by atoms with Crippen molar-refractivity contribution in [1.29, 1.82) is 10.5 Å². The van der Waals surface area contributed by atoms with Crippen molar-refractivity contribution in [3.63, 3.8) is 0 Å². The Labute approximate surface area is 177 Å². The lowest BCUT2D eigenvalue weighted by Crippen LogP contribution is -2.15. The molecule has 10 nitrogen and oxygen atoms in total. The van der Waals surface area contributed by atoms with Crippen LogP contribution in [0.3, 0.4) is 0 Å².